The van der Waals surface area contributed by atoms with E-state index in [9.17, 15) is 19.3 Å². The molecule has 0 saturated carbocycles. The Morgan fingerprint density at radius 3 is 2.62 bits per heavy atom. The molecular formula is C13H7BrClFN2O3. The van der Waals surface area contributed by atoms with Gasteiger partial charge in [-0.2, -0.15) is 0 Å². The molecule has 0 bridgehead atoms. The minimum absolute atomic E-state index is 0.247. The van der Waals surface area contributed by atoms with Crippen LogP contribution < -0.4 is 5.32 Å². The van der Waals surface area contributed by atoms with E-state index in [0.29, 0.717) is 4.47 Å². The topological polar surface area (TPSA) is 72.2 Å². The highest BCUT2D eigenvalue weighted by atomic mass is 79.9. The van der Waals surface area contributed by atoms with E-state index in [1.807, 2.05) is 0 Å². The quantitative estimate of drug-likeness (QED) is 0.640. The summed E-state index contributed by atoms with van der Waals surface area (Å²) in [5.41, 5.74) is -0.593. The van der Waals surface area contributed by atoms with Crippen LogP contribution in [0.5, 0.6) is 0 Å². The van der Waals surface area contributed by atoms with Crippen molar-refractivity contribution in [1.82, 2.24) is 0 Å². The summed E-state index contributed by atoms with van der Waals surface area (Å²) < 4.78 is 13.9. The van der Waals surface area contributed by atoms with Crippen molar-refractivity contribution < 1.29 is 14.1 Å². The SMILES string of the molecule is O=C(Nc1ccc(Br)cc1Cl)c1cc(F)ccc1[N+](=O)[O-]. The number of carbonyl (C=O) groups is 1. The van der Waals surface area contributed by atoms with Gasteiger partial charge in [-0.25, -0.2) is 4.39 Å². The summed E-state index contributed by atoms with van der Waals surface area (Å²) >= 11 is 9.15. The predicted octanol–water partition coefficient (Wildman–Crippen LogP) is 4.40. The Hall–Kier alpha value is -1.99. The van der Waals surface area contributed by atoms with E-state index in [4.69, 9.17) is 11.6 Å². The van der Waals surface area contributed by atoms with Gasteiger partial charge in [0.05, 0.1) is 15.6 Å². The van der Waals surface area contributed by atoms with E-state index >= 15 is 0 Å². The Labute approximate surface area is 132 Å². The third-order valence-electron chi connectivity index (χ3n) is 2.58. The molecule has 0 aliphatic heterocycles. The standard InChI is InChI=1S/C13H7BrClFN2O3/c14-7-1-3-11(10(15)5-7)17-13(19)9-6-8(16)2-4-12(9)18(20)21/h1-6H,(H,17,19). The molecule has 8 heteroatoms. The molecule has 0 radical (unpaired) electrons. The highest BCUT2D eigenvalue weighted by Crippen LogP contribution is 2.27. The van der Waals surface area contributed by atoms with Crippen molar-refractivity contribution in [3.63, 3.8) is 0 Å². The minimum Gasteiger partial charge on any atom is -0.320 e. The molecule has 0 atom stereocenters. The summed E-state index contributed by atoms with van der Waals surface area (Å²) in [6, 6.07) is 7.38. The van der Waals surface area contributed by atoms with E-state index < -0.39 is 22.3 Å². The Kier molecular flexibility index (Phi) is 4.54. The smallest absolute Gasteiger partial charge is 0.282 e. The molecule has 0 aliphatic carbocycles. The van der Waals surface area contributed by atoms with Crippen LogP contribution >= 0.6 is 27.5 Å². The number of nitro benzene ring substituents is 1. The van der Waals surface area contributed by atoms with Gasteiger partial charge >= 0.3 is 0 Å². The first-order valence-electron chi connectivity index (χ1n) is 5.59. The first-order valence-corrected chi connectivity index (χ1v) is 6.76. The number of carbonyl (C=O) groups excluding carboxylic acids is 1. The Balaban J connectivity index is 2.36. The van der Waals surface area contributed by atoms with Crippen molar-refractivity contribution in [3.05, 3.63) is 67.4 Å². The lowest BCUT2D eigenvalue weighted by atomic mass is 10.1. The molecule has 1 amide bonds. The molecule has 0 aromatic heterocycles. The van der Waals surface area contributed by atoms with Crippen LogP contribution in [0.15, 0.2) is 40.9 Å². The maximum atomic E-state index is 13.2. The van der Waals surface area contributed by atoms with Gasteiger partial charge in [0, 0.05) is 10.5 Å². The van der Waals surface area contributed by atoms with Crippen LogP contribution in [0.3, 0.4) is 0 Å². The number of hydrogen-bond donors (Lipinski definition) is 1. The van der Waals surface area contributed by atoms with Crippen molar-refractivity contribution in [1.29, 1.82) is 0 Å². The van der Waals surface area contributed by atoms with Crippen LogP contribution in [-0.2, 0) is 0 Å². The molecule has 0 fully saturated rings. The average molecular weight is 374 g/mol. The molecule has 21 heavy (non-hydrogen) atoms. The van der Waals surface area contributed by atoms with Gasteiger partial charge in [-0.3, -0.25) is 14.9 Å². The van der Waals surface area contributed by atoms with Crippen LogP contribution in [0.2, 0.25) is 5.02 Å². The second-order valence-electron chi connectivity index (χ2n) is 4.00. The number of nitrogens with zero attached hydrogens (tertiary/aromatic N) is 1. The summed E-state index contributed by atoms with van der Waals surface area (Å²) in [6.07, 6.45) is 0. The average Bonchev–Trinajstić information content (AvgIpc) is 2.41. The highest BCUT2D eigenvalue weighted by molar-refractivity contribution is 9.10. The molecule has 5 nitrogen and oxygen atoms in total. The Morgan fingerprint density at radius 1 is 1.29 bits per heavy atom. The molecule has 0 saturated heterocycles. The van der Waals surface area contributed by atoms with Crippen molar-refractivity contribution in [3.8, 4) is 0 Å². The lowest BCUT2D eigenvalue weighted by Gasteiger charge is -2.08. The normalized spacial score (nSPS) is 10.2. The molecule has 2 rings (SSSR count). The van der Waals surface area contributed by atoms with E-state index in [2.05, 4.69) is 21.2 Å². The maximum Gasteiger partial charge on any atom is 0.282 e. The van der Waals surface area contributed by atoms with Crippen molar-refractivity contribution in [2.24, 2.45) is 0 Å². The van der Waals surface area contributed by atoms with Gasteiger partial charge in [0.2, 0.25) is 0 Å². The van der Waals surface area contributed by atoms with E-state index in [-0.39, 0.29) is 16.3 Å². The van der Waals surface area contributed by atoms with Gasteiger partial charge in [-0.05, 0) is 30.3 Å². The monoisotopic (exact) mass is 372 g/mol. The lowest BCUT2D eigenvalue weighted by molar-refractivity contribution is -0.385. The highest BCUT2D eigenvalue weighted by Gasteiger charge is 2.21. The number of benzene rings is 2. The van der Waals surface area contributed by atoms with E-state index in [1.165, 1.54) is 6.07 Å². The Morgan fingerprint density at radius 2 is 2.00 bits per heavy atom. The summed E-state index contributed by atoms with van der Waals surface area (Å²) in [4.78, 5) is 22.2. The number of hydrogen-bond acceptors (Lipinski definition) is 3. The Bertz CT molecular complexity index is 739. The molecule has 0 unspecified atom stereocenters. The fourth-order valence-corrected chi connectivity index (χ4v) is 2.35. The molecule has 2 aromatic rings. The number of halogens is 3. The first-order chi connectivity index (χ1) is 9.88. The van der Waals surface area contributed by atoms with Crippen molar-refractivity contribution in [2.45, 2.75) is 0 Å². The summed E-state index contributed by atoms with van der Waals surface area (Å²) in [7, 11) is 0. The fraction of sp³-hybridized carbons (Fsp3) is 0. The van der Waals surface area contributed by atoms with Crippen LogP contribution in [-0.4, -0.2) is 10.8 Å². The molecule has 0 aliphatic rings. The van der Waals surface area contributed by atoms with E-state index in [1.54, 1.807) is 12.1 Å². The molecule has 108 valence electrons. The zero-order chi connectivity index (χ0) is 15.6. The number of nitrogens with one attached hydrogen (secondary N) is 1. The lowest BCUT2D eigenvalue weighted by Crippen LogP contribution is -2.14. The second-order valence-corrected chi connectivity index (χ2v) is 5.32. The molecule has 2 aromatic carbocycles. The van der Waals surface area contributed by atoms with Gasteiger partial charge in [0.15, 0.2) is 0 Å². The van der Waals surface area contributed by atoms with Crippen LogP contribution in [0.25, 0.3) is 0 Å². The van der Waals surface area contributed by atoms with E-state index in [0.717, 1.165) is 18.2 Å². The molecule has 0 spiro atoms. The minimum atomic E-state index is -0.814. The van der Waals surface area contributed by atoms with Crippen LogP contribution in [0.4, 0.5) is 15.8 Å². The van der Waals surface area contributed by atoms with Gasteiger partial charge in [-0.1, -0.05) is 27.5 Å². The second kappa shape index (κ2) is 6.19. The zero-order valence-electron chi connectivity index (χ0n) is 10.3. The number of nitro groups is 1. The van der Waals surface area contributed by atoms with Crippen LogP contribution in [0.1, 0.15) is 10.4 Å². The summed E-state index contributed by atoms with van der Waals surface area (Å²) in [6.45, 7) is 0. The molecular weight excluding hydrogens is 367 g/mol. The van der Waals surface area contributed by atoms with Crippen LogP contribution in [0, 0.1) is 15.9 Å². The summed E-state index contributed by atoms with van der Waals surface area (Å²) in [5.74, 6) is -1.56. The fourth-order valence-electron chi connectivity index (χ4n) is 1.63. The molecule has 0 heterocycles. The maximum absolute atomic E-state index is 13.2. The predicted molar refractivity (Wildman–Crippen MR) is 80.2 cm³/mol. The van der Waals surface area contributed by atoms with Gasteiger partial charge in [0.1, 0.15) is 11.4 Å². The van der Waals surface area contributed by atoms with Crippen molar-refractivity contribution in [2.75, 3.05) is 5.32 Å². The third-order valence-corrected chi connectivity index (χ3v) is 3.39. The van der Waals surface area contributed by atoms with Gasteiger partial charge in [-0.15, -0.1) is 0 Å². The molecule has 1 N–H and O–H groups in total. The number of rotatable bonds is 3. The third kappa shape index (κ3) is 3.56. The van der Waals surface area contributed by atoms with Gasteiger partial charge in [0.25, 0.3) is 11.6 Å². The van der Waals surface area contributed by atoms with Crippen molar-refractivity contribution >= 4 is 44.8 Å². The summed E-state index contributed by atoms with van der Waals surface area (Å²) in [5, 5.41) is 13.5. The first kappa shape index (κ1) is 15.4. The largest absolute Gasteiger partial charge is 0.320 e. The number of anilines is 1. The van der Waals surface area contributed by atoms with Gasteiger partial charge < -0.3 is 5.32 Å². The number of amides is 1. The zero-order valence-corrected chi connectivity index (χ0v) is 12.6.